The van der Waals surface area contributed by atoms with Gasteiger partial charge in [-0.3, -0.25) is 14.9 Å². The Hall–Kier alpha value is -1.68. The van der Waals surface area contributed by atoms with Crippen molar-refractivity contribution in [2.75, 3.05) is 13.1 Å². The molecule has 1 rings (SSSR count). The van der Waals surface area contributed by atoms with Gasteiger partial charge in [0.25, 0.3) is 0 Å². The van der Waals surface area contributed by atoms with Crippen LogP contribution in [0.2, 0.25) is 0 Å². The fraction of sp³-hybridized carbons (Fsp3) is 0.385. The van der Waals surface area contributed by atoms with Crippen LogP contribution < -0.4 is 5.32 Å². The Morgan fingerprint density at radius 1 is 1.06 bits per heavy atom. The van der Waals surface area contributed by atoms with Crippen LogP contribution in [0.25, 0.3) is 0 Å². The number of aliphatic carboxylic acids is 1. The minimum atomic E-state index is -0.963. The summed E-state index contributed by atoms with van der Waals surface area (Å²) in [7, 11) is 0. The van der Waals surface area contributed by atoms with E-state index in [4.69, 9.17) is 5.11 Å². The second-order valence-corrected chi connectivity index (χ2v) is 4.17. The van der Waals surface area contributed by atoms with E-state index < -0.39 is 5.97 Å². The second-order valence-electron chi connectivity index (χ2n) is 4.17. The van der Waals surface area contributed by atoms with Crippen LogP contribution in [0.15, 0.2) is 12.1 Å². The van der Waals surface area contributed by atoms with Gasteiger partial charge in [-0.2, -0.15) is 0 Å². The molecule has 0 aliphatic carbocycles. The number of carboxylic acid groups (broad SMARTS) is 1. The molecule has 0 saturated carbocycles. The van der Waals surface area contributed by atoms with Gasteiger partial charge in [0.15, 0.2) is 5.78 Å². The maximum Gasteiger partial charge on any atom is 0.317 e. The molecule has 0 bridgehead atoms. The van der Waals surface area contributed by atoms with Gasteiger partial charge in [0.1, 0.15) is 0 Å². The monoisotopic (exact) mass is 235 g/mol. The highest BCUT2D eigenvalue weighted by molar-refractivity contribution is 5.99. The molecule has 92 valence electrons. The zero-order valence-electron chi connectivity index (χ0n) is 10.3. The molecule has 0 atom stereocenters. The lowest BCUT2D eigenvalue weighted by molar-refractivity contribution is -0.135. The number of hydrogen-bond acceptors (Lipinski definition) is 3. The zero-order valence-corrected chi connectivity index (χ0v) is 10.3. The van der Waals surface area contributed by atoms with Crippen LogP contribution in [0.4, 0.5) is 0 Å². The Bertz CT molecular complexity index is 452. The van der Waals surface area contributed by atoms with Gasteiger partial charge in [-0.25, -0.2) is 0 Å². The molecule has 0 heterocycles. The minimum Gasteiger partial charge on any atom is -0.480 e. The van der Waals surface area contributed by atoms with Crippen molar-refractivity contribution in [3.05, 3.63) is 34.4 Å². The summed E-state index contributed by atoms with van der Waals surface area (Å²) < 4.78 is 0. The predicted molar refractivity (Wildman–Crippen MR) is 65.5 cm³/mol. The number of rotatable bonds is 5. The molecular formula is C13H17NO3. The van der Waals surface area contributed by atoms with Crippen molar-refractivity contribution in [3.63, 3.8) is 0 Å². The van der Waals surface area contributed by atoms with E-state index in [2.05, 4.69) is 5.32 Å². The summed E-state index contributed by atoms with van der Waals surface area (Å²) in [6.45, 7) is 5.69. The third kappa shape index (κ3) is 3.67. The van der Waals surface area contributed by atoms with Crippen LogP contribution >= 0.6 is 0 Å². The van der Waals surface area contributed by atoms with Crippen molar-refractivity contribution in [2.45, 2.75) is 20.8 Å². The van der Waals surface area contributed by atoms with E-state index in [0.717, 1.165) is 16.7 Å². The average Bonchev–Trinajstić information content (AvgIpc) is 2.22. The second kappa shape index (κ2) is 5.59. The molecule has 17 heavy (non-hydrogen) atoms. The SMILES string of the molecule is Cc1cc(C)c(C(=O)CNCC(=O)O)cc1C. The Kier molecular flexibility index (Phi) is 4.40. The molecule has 4 heteroatoms. The smallest absolute Gasteiger partial charge is 0.317 e. The van der Waals surface area contributed by atoms with Gasteiger partial charge < -0.3 is 5.11 Å². The van der Waals surface area contributed by atoms with Crippen molar-refractivity contribution < 1.29 is 14.7 Å². The number of carbonyl (C=O) groups excluding carboxylic acids is 1. The Morgan fingerprint density at radius 2 is 1.65 bits per heavy atom. The first-order valence-corrected chi connectivity index (χ1v) is 5.45. The molecule has 0 aliphatic rings. The van der Waals surface area contributed by atoms with E-state index in [0.29, 0.717) is 5.56 Å². The van der Waals surface area contributed by atoms with E-state index in [1.807, 2.05) is 32.9 Å². The lowest BCUT2D eigenvalue weighted by Gasteiger charge is -2.09. The van der Waals surface area contributed by atoms with Crippen LogP contribution in [0.5, 0.6) is 0 Å². The highest BCUT2D eigenvalue weighted by Gasteiger charge is 2.10. The first-order valence-electron chi connectivity index (χ1n) is 5.45. The number of ketones is 1. The molecule has 0 aromatic heterocycles. The predicted octanol–water partition coefficient (Wildman–Crippen LogP) is 1.47. The molecule has 0 aliphatic heterocycles. The van der Waals surface area contributed by atoms with Gasteiger partial charge >= 0.3 is 5.97 Å². The number of hydrogen-bond donors (Lipinski definition) is 2. The van der Waals surface area contributed by atoms with Crippen molar-refractivity contribution in [2.24, 2.45) is 0 Å². The third-order valence-electron chi connectivity index (χ3n) is 2.70. The first kappa shape index (κ1) is 13.4. The van der Waals surface area contributed by atoms with Crippen LogP contribution in [-0.4, -0.2) is 29.9 Å². The molecule has 0 unspecified atom stereocenters. The van der Waals surface area contributed by atoms with E-state index in [9.17, 15) is 9.59 Å². The summed E-state index contributed by atoms with van der Waals surface area (Å²) >= 11 is 0. The summed E-state index contributed by atoms with van der Waals surface area (Å²) in [5.74, 6) is -1.04. The van der Waals surface area contributed by atoms with Gasteiger partial charge in [-0.1, -0.05) is 6.07 Å². The lowest BCUT2D eigenvalue weighted by atomic mass is 9.98. The van der Waals surface area contributed by atoms with Crippen molar-refractivity contribution >= 4 is 11.8 Å². The maximum atomic E-state index is 11.9. The van der Waals surface area contributed by atoms with Crippen molar-refractivity contribution in [1.29, 1.82) is 0 Å². The van der Waals surface area contributed by atoms with E-state index >= 15 is 0 Å². The Morgan fingerprint density at radius 3 is 2.24 bits per heavy atom. The first-order chi connectivity index (χ1) is 7.91. The largest absolute Gasteiger partial charge is 0.480 e. The van der Waals surface area contributed by atoms with E-state index in [-0.39, 0.29) is 18.9 Å². The summed E-state index contributed by atoms with van der Waals surface area (Å²) in [4.78, 5) is 22.2. The van der Waals surface area contributed by atoms with Crippen LogP contribution in [0, 0.1) is 20.8 Å². The molecule has 0 amide bonds. The number of nitrogens with one attached hydrogen (secondary N) is 1. The van der Waals surface area contributed by atoms with Crippen LogP contribution in [0.1, 0.15) is 27.0 Å². The van der Waals surface area contributed by atoms with Crippen molar-refractivity contribution in [1.82, 2.24) is 5.32 Å². The number of aryl methyl sites for hydroxylation is 3. The number of carbonyl (C=O) groups is 2. The fourth-order valence-corrected chi connectivity index (χ4v) is 1.64. The summed E-state index contributed by atoms with van der Waals surface area (Å²) in [5, 5.41) is 11.1. The van der Waals surface area contributed by atoms with Gasteiger partial charge in [0.05, 0.1) is 13.1 Å². The van der Waals surface area contributed by atoms with Crippen LogP contribution in [-0.2, 0) is 4.79 Å². The number of Topliss-reactive ketones (excluding diaryl/α,β-unsaturated/α-hetero) is 1. The Labute approximate surface area is 101 Å². The van der Waals surface area contributed by atoms with Gasteiger partial charge in [-0.15, -0.1) is 0 Å². The van der Waals surface area contributed by atoms with Crippen LogP contribution in [0.3, 0.4) is 0 Å². The van der Waals surface area contributed by atoms with Gasteiger partial charge in [0, 0.05) is 5.56 Å². The van der Waals surface area contributed by atoms with Gasteiger partial charge in [0.2, 0.25) is 0 Å². The zero-order chi connectivity index (χ0) is 13.0. The summed E-state index contributed by atoms with van der Waals surface area (Å²) in [5.41, 5.74) is 3.80. The van der Waals surface area contributed by atoms with E-state index in [1.54, 1.807) is 0 Å². The highest BCUT2D eigenvalue weighted by atomic mass is 16.4. The molecule has 0 spiro atoms. The maximum absolute atomic E-state index is 11.9. The lowest BCUT2D eigenvalue weighted by Crippen LogP contribution is -2.28. The summed E-state index contributed by atoms with van der Waals surface area (Å²) in [6.07, 6.45) is 0. The molecule has 4 nitrogen and oxygen atoms in total. The quantitative estimate of drug-likeness (QED) is 0.758. The summed E-state index contributed by atoms with van der Waals surface area (Å²) in [6, 6.07) is 3.83. The molecule has 0 radical (unpaired) electrons. The fourth-order valence-electron chi connectivity index (χ4n) is 1.64. The minimum absolute atomic E-state index is 0.0512. The number of carboxylic acids is 1. The van der Waals surface area contributed by atoms with Gasteiger partial charge in [-0.05, 0) is 43.5 Å². The molecule has 2 N–H and O–H groups in total. The molecule has 1 aromatic carbocycles. The highest BCUT2D eigenvalue weighted by Crippen LogP contribution is 2.15. The molecule has 0 fully saturated rings. The molecule has 0 saturated heterocycles. The molecular weight excluding hydrogens is 218 g/mol. The van der Waals surface area contributed by atoms with Crippen molar-refractivity contribution in [3.8, 4) is 0 Å². The Balaban J connectivity index is 2.75. The molecule has 1 aromatic rings. The third-order valence-corrected chi connectivity index (χ3v) is 2.70. The normalized spacial score (nSPS) is 10.3. The standard InChI is InChI=1S/C13H17NO3/c1-8-4-10(3)11(5-9(8)2)12(15)6-14-7-13(16)17/h4-5,14H,6-7H2,1-3H3,(H,16,17). The van der Waals surface area contributed by atoms with E-state index in [1.165, 1.54) is 0 Å². The average molecular weight is 235 g/mol. The topological polar surface area (TPSA) is 66.4 Å². The number of benzene rings is 1.